The highest BCUT2D eigenvalue weighted by Gasteiger charge is 2.02. The van der Waals surface area contributed by atoms with Crippen LogP contribution in [0.5, 0.6) is 0 Å². The number of ether oxygens (including phenoxy) is 1. The van der Waals surface area contributed by atoms with Crippen molar-refractivity contribution in [1.82, 2.24) is 0 Å². The number of rotatable bonds is 2. The first-order valence-corrected chi connectivity index (χ1v) is 2.47. The highest BCUT2D eigenvalue weighted by Crippen LogP contribution is 1.89. The molecule has 0 aromatic carbocycles. The average molecular weight is 103 g/mol. The molecule has 0 rings (SSSR count). The Labute approximate surface area is 44.7 Å². The van der Waals surface area contributed by atoms with Crippen molar-refractivity contribution < 1.29 is 4.74 Å². The van der Waals surface area contributed by atoms with Gasteiger partial charge in [0, 0.05) is 13.2 Å². The SMILES string of the molecule is CO[C@H](C)[C@H](C)N. The van der Waals surface area contributed by atoms with Crippen LogP contribution in [0.3, 0.4) is 0 Å². The highest BCUT2D eigenvalue weighted by molar-refractivity contribution is 4.60. The van der Waals surface area contributed by atoms with Crippen LogP contribution in [0, 0.1) is 0 Å². The first-order chi connectivity index (χ1) is 3.18. The van der Waals surface area contributed by atoms with Crippen LogP contribution in [-0.4, -0.2) is 19.3 Å². The van der Waals surface area contributed by atoms with Crippen LogP contribution >= 0.6 is 0 Å². The molecule has 0 aliphatic heterocycles. The molecule has 0 aromatic rings. The molecule has 7 heavy (non-hydrogen) atoms. The fourth-order valence-corrected chi connectivity index (χ4v) is 0.215. The lowest BCUT2D eigenvalue weighted by Crippen LogP contribution is -2.30. The minimum absolute atomic E-state index is 0.144. The Morgan fingerprint density at radius 1 is 1.43 bits per heavy atom. The first-order valence-electron chi connectivity index (χ1n) is 2.47. The van der Waals surface area contributed by atoms with E-state index in [1.54, 1.807) is 7.11 Å². The fourth-order valence-electron chi connectivity index (χ4n) is 0.215. The van der Waals surface area contributed by atoms with Crippen LogP contribution in [0.25, 0.3) is 0 Å². The molecule has 0 radical (unpaired) electrons. The highest BCUT2D eigenvalue weighted by atomic mass is 16.5. The van der Waals surface area contributed by atoms with Gasteiger partial charge in [0.25, 0.3) is 0 Å². The van der Waals surface area contributed by atoms with Crippen molar-refractivity contribution in [2.45, 2.75) is 26.0 Å². The van der Waals surface area contributed by atoms with Crippen LogP contribution in [0.1, 0.15) is 13.8 Å². The maximum absolute atomic E-state index is 5.42. The summed E-state index contributed by atoms with van der Waals surface area (Å²) in [6, 6.07) is 0.144. The predicted molar refractivity (Wildman–Crippen MR) is 30.1 cm³/mol. The molecule has 0 spiro atoms. The Balaban J connectivity index is 3.14. The average Bonchev–Trinajstić information content (AvgIpc) is 1.65. The van der Waals surface area contributed by atoms with E-state index in [4.69, 9.17) is 10.5 Å². The molecule has 0 aliphatic rings. The minimum Gasteiger partial charge on any atom is -0.380 e. The zero-order chi connectivity index (χ0) is 5.86. The third-order valence-corrected chi connectivity index (χ3v) is 1.11. The van der Waals surface area contributed by atoms with Crippen molar-refractivity contribution in [2.75, 3.05) is 7.11 Å². The van der Waals surface area contributed by atoms with Gasteiger partial charge in [-0.1, -0.05) is 0 Å². The van der Waals surface area contributed by atoms with E-state index < -0.39 is 0 Å². The molecule has 0 aromatic heterocycles. The third kappa shape index (κ3) is 2.60. The summed E-state index contributed by atoms with van der Waals surface area (Å²) in [5, 5.41) is 0. The quantitative estimate of drug-likeness (QED) is 0.548. The molecule has 0 saturated carbocycles. The van der Waals surface area contributed by atoms with Gasteiger partial charge in [-0.25, -0.2) is 0 Å². The van der Waals surface area contributed by atoms with E-state index in [1.807, 2.05) is 13.8 Å². The van der Waals surface area contributed by atoms with Gasteiger partial charge in [-0.2, -0.15) is 0 Å². The van der Waals surface area contributed by atoms with Crippen LogP contribution < -0.4 is 5.73 Å². The van der Waals surface area contributed by atoms with Gasteiger partial charge in [0.2, 0.25) is 0 Å². The largest absolute Gasteiger partial charge is 0.380 e. The van der Waals surface area contributed by atoms with Crippen LogP contribution in [0.4, 0.5) is 0 Å². The van der Waals surface area contributed by atoms with Gasteiger partial charge in [-0.3, -0.25) is 0 Å². The molecule has 0 aliphatic carbocycles. The summed E-state index contributed by atoms with van der Waals surface area (Å²) in [4.78, 5) is 0. The summed E-state index contributed by atoms with van der Waals surface area (Å²) in [6.45, 7) is 3.87. The van der Waals surface area contributed by atoms with Gasteiger partial charge in [0.1, 0.15) is 0 Å². The lowest BCUT2D eigenvalue weighted by Gasteiger charge is -2.11. The van der Waals surface area contributed by atoms with Crippen LogP contribution in [0.15, 0.2) is 0 Å². The molecule has 0 bridgehead atoms. The zero-order valence-electron chi connectivity index (χ0n) is 5.14. The molecule has 2 N–H and O–H groups in total. The smallest absolute Gasteiger partial charge is 0.0691 e. The summed E-state index contributed by atoms with van der Waals surface area (Å²) in [5.41, 5.74) is 5.42. The Morgan fingerprint density at radius 3 is 1.86 bits per heavy atom. The van der Waals surface area contributed by atoms with E-state index in [-0.39, 0.29) is 12.1 Å². The molecular formula is C5H13NO. The zero-order valence-corrected chi connectivity index (χ0v) is 5.14. The van der Waals surface area contributed by atoms with Gasteiger partial charge in [0.15, 0.2) is 0 Å². The summed E-state index contributed by atoms with van der Waals surface area (Å²) in [7, 11) is 1.66. The van der Waals surface area contributed by atoms with E-state index >= 15 is 0 Å². The topological polar surface area (TPSA) is 35.2 Å². The monoisotopic (exact) mass is 103 g/mol. The molecule has 0 fully saturated rings. The summed E-state index contributed by atoms with van der Waals surface area (Å²) >= 11 is 0. The molecule has 2 nitrogen and oxygen atoms in total. The maximum Gasteiger partial charge on any atom is 0.0691 e. The fraction of sp³-hybridized carbons (Fsp3) is 1.00. The minimum atomic E-state index is 0.144. The molecule has 2 atom stereocenters. The molecule has 2 heteroatoms. The maximum atomic E-state index is 5.42. The van der Waals surface area contributed by atoms with E-state index in [0.717, 1.165) is 0 Å². The second kappa shape index (κ2) is 2.99. The van der Waals surface area contributed by atoms with Crippen LogP contribution in [-0.2, 0) is 4.74 Å². The number of hydrogen-bond acceptors (Lipinski definition) is 2. The number of hydrogen-bond donors (Lipinski definition) is 1. The van der Waals surface area contributed by atoms with Gasteiger partial charge < -0.3 is 10.5 Å². The van der Waals surface area contributed by atoms with E-state index in [2.05, 4.69) is 0 Å². The Bertz CT molecular complexity index is 45.3. The summed E-state index contributed by atoms with van der Waals surface area (Å²) < 4.78 is 4.89. The third-order valence-electron chi connectivity index (χ3n) is 1.11. The first kappa shape index (κ1) is 6.92. The normalized spacial score (nSPS) is 18.9. The van der Waals surface area contributed by atoms with E-state index in [9.17, 15) is 0 Å². The lowest BCUT2D eigenvalue weighted by atomic mass is 10.2. The Hall–Kier alpha value is -0.0800. The lowest BCUT2D eigenvalue weighted by molar-refractivity contribution is 0.101. The molecule has 0 unspecified atom stereocenters. The van der Waals surface area contributed by atoms with Crippen LogP contribution in [0.2, 0.25) is 0 Å². The van der Waals surface area contributed by atoms with E-state index in [0.29, 0.717) is 0 Å². The number of methoxy groups -OCH3 is 1. The van der Waals surface area contributed by atoms with Crippen molar-refractivity contribution in [1.29, 1.82) is 0 Å². The van der Waals surface area contributed by atoms with Crippen molar-refractivity contribution in [3.8, 4) is 0 Å². The Morgan fingerprint density at radius 2 is 1.86 bits per heavy atom. The van der Waals surface area contributed by atoms with Gasteiger partial charge in [-0.05, 0) is 13.8 Å². The van der Waals surface area contributed by atoms with Crippen molar-refractivity contribution in [2.24, 2.45) is 5.73 Å². The van der Waals surface area contributed by atoms with E-state index in [1.165, 1.54) is 0 Å². The standard InChI is InChI=1S/C5H13NO/c1-4(6)5(2)7-3/h4-5H,6H2,1-3H3/t4-,5+/m0/s1. The second-order valence-corrected chi connectivity index (χ2v) is 1.80. The molecule has 0 saturated heterocycles. The Kier molecular flexibility index (Phi) is 2.96. The van der Waals surface area contributed by atoms with Crippen molar-refractivity contribution in [3.05, 3.63) is 0 Å². The molecule has 0 amide bonds. The number of nitrogens with two attached hydrogens (primary N) is 1. The molecular weight excluding hydrogens is 90.1 g/mol. The predicted octanol–water partition coefficient (Wildman–Crippen LogP) is 0.368. The summed E-state index contributed by atoms with van der Waals surface area (Å²) in [5.74, 6) is 0. The van der Waals surface area contributed by atoms with Crippen molar-refractivity contribution in [3.63, 3.8) is 0 Å². The van der Waals surface area contributed by atoms with Crippen molar-refractivity contribution >= 4 is 0 Å². The van der Waals surface area contributed by atoms with Gasteiger partial charge in [-0.15, -0.1) is 0 Å². The van der Waals surface area contributed by atoms with Gasteiger partial charge >= 0.3 is 0 Å². The summed E-state index contributed by atoms with van der Waals surface area (Å²) in [6.07, 6.45) is 0.181. The molecule has 0 heterocycles. The second-order valence-electron chi connectivity index (χ2n) is 1.80. The van der Waals surface area contributed by atoms with Gasteiger partial charge in [0.05, 0.1) is 6.10 Å². The molecule has 44 valence electrons.